The highest BCUT2D eigenvalue weighted by Crippen LogP contribution is 2.17. The first-order chi connectivity index (χ1) is 8.55. The third kappa shape index (κ3) is 6.35. The van der Waals surface area contributed by atoms with Crippen LogP contribution < -0.4 is 5.32 Å². The van der Waals surface area contributed by atoms with Crippen molar-refractivity contribution in [2.24, 2.45) is 0 Å². The highest BCUT2D eigenvalue weighted by Gasteiger charge is 2.35. The van der Waals surface area contributed by atoms with E-state index in [1.165, 1.54) is 13.4 Å². The lowest BCUT2D eigenvalue weighted by Gasteiger charge is -2.33. The summed E-state index contributed by atoms with van der Waals surface area (Å²) in [5.74, 6) is -0.208. The molecule has 2 unspecified atom stereocenters. The highest BCUT2D eigenvalue weighted by molar-refractivity contribution is 7.90. The molecule has 0 aliphatic rings. The Kier molecular flexibility index (Phi) is 6.96. The Morgan fingerprint density at radius 3 is 2.37 bits per heavy atom. The minimum atomic E-state index is -2.97. The van der Waals surface area contributed by atoms with E-state index in [1.807, 2.05) is 18.9 Å². The number of ether oxygens (including phenoxy) is 1. The van der Waals surface area contributed by atoms with Gasteiger partial charge in [-0.05, 0) is 34.4 Å². The number of nitrogens with zero attached hydrogens (tertiary/aromatic N) is 1. The number of rotatable bonds is 8. The van der Waals surface area contributed by atoms with Gasteiger partial charge in [-0.25, -0.2) is 8.42 Å². The summed E-state index contributed by atoms with van der Waals surface area (Å²) < 4.78 is 27.1. The van der Waals surface area contributed by atoms with Gasteiger partial charge in [0, 0.05) is 18.8 Å². The lowest BCUT2D eigenvalue weighted by atomic mass is 9.93. The largest absolute Gasteiger partial charge is 0.468 e. The summed E-state index contributed by atoms with van der Waals surface area (Å²) in [4.78, 5) is 13.7. The van der Waals surface area contributed by atoms with Crippen molar-refractivity contribution in [1.29, 1.82) is 0 Å². The van der Waals surface area contributed by atoms with Crippen LogP contribution in [-0.4, -0.2) is 70.6 Å². The van der Waals surface area contributed by atoms with Crippen LogP contribution in [0.5, 0.6) is 0 Å². The Labute approximate surface area is 116 Å². The first-order valence-corrected chi connectivity index (χ1v) is 8.27. The van der Waals surface area contributed by atoms with Crippen LogP contribution in [0.1, 0.15) is 20.3 Å². The fraction of sp³-hybridized carbons (Fsp3) is 0.917. The van der Waals surface area contributed by atoms with Crippen molar-refractivity contribution in [3.63, 3.8) is 0 Å². The van der Waals surface area contributed by atoms with E-state index in [9.17, 15) is 13.2 Å². The molecule has 0 radical (unpaired) electrons. The second-order valence-electron chi connectivity index (χ2n) is 5.24. The maximum Gasteiger partial charge on any atom is 0.325 e. The average Bonchev–Trinajstić information content (AvgIpc) is 2.33. The zero-order chi connectivity index (χ0) is 15.3. The van der Waals surface area contributed by atoms with E-state index in [2.05, 4.69) is 5.32 Å². The van der Waals surface area contributed by atoms with Crippen molar-refractivity contribution in [3.8, 4) is 0 Å². The molecule has 0 aliphatic carbocycles. The maximum atomic E-state index is 11.7. The standard InChI is InChI=1S/C12H26N2O4S/c1-10(14(4)7-8-19(6,16)17)9-12(2,13-3)11(15)18-5/h10,13H,7-9H2,1-6H3. The van der Waals surface area contributed by atoms with Gasteiger partial charge in [0.05, 0.1) is 12.9 Å². The lowest BCUT2D eigenvalue weighted by Crippen LogP contribution is -2.52. The average molecular weight is 294 g/mol. The van der Waals surface area contributed by atoms with Crippen LogP contribution in [-0.2, 0) is 19.4 Å². The van der Waals surface area contributed by atoms with E-state index >= 15 is 0 Å². The molecular weight excluding hydrogens is 268 g/mol. The van der Waals surface area contributed by atoms with Crippen molar-refractivity contribution in [3.05, 3.63) is 0 Å². The van der Waals surface area contributed by atoms with Gasteiger partial charge in [0.1, 0.15) is 15.4 Å². The molecule has 0 fully saturated rings. The summed E-state index contributed by atoms with van der Waals surface area (Å²) in [5, 5.41) is 2.97. The smallest absolute Gasteiger partial charge is 0.325 e. The molecule has 6 nitrogen and oxygen atoms in total. The first kappa shape index (κ1) is 18.3. The third-order valence-electron chi connectivity index (χ3n) is 3.46. The van der Waals surface area contributed by atoms with Gasteiger partial charge >= 0.3 is 5.97 Å². The number of methoxy groups -OCH3 is 1. The fourth-order valence-corrected chi connectivity index (χ4v) is 2.41. The molecule has 0 aromatic carbocycles. The van der Waals surface area contributed by atoms with Gasteiger partial charge < -0.3 is 15.0 Å². The van der Waals surface area contributed by atoms with Crippen LogP contribution in [0.3, 0.4) is 0 Å². The van der Waals surface area contributed by atoms with E-state index in [1.54, 1.807) is 14.0 Å². The van der Waals surface area contributed by atoms with Gasteiger partial charge in [-0.3, -0.25) is 4.79 Å². The molecule has 0 saturated heterocycles. The molecule has 114 valence electrons. The molecule has 0 spiro atoms. The van der Waals surface area contributed by atoms with Crippen LogP contribution in [0.25, 0.3) is 0 Å². The Hall–Kier alpha value is -0.660. The minimum absolute atomic E-state index is 0.0540. The topological polar surface area (TPSA) is 75.7 Å². The predicted octanol–water partition coefficient (Wildman–Crippen LogP) is -0.107. The number of likely N-dealkylation sites (N-methyl/N-ethyl adjacent to an activating group) is 1. The molecule has 0 amide bonds. The summed E-state index contributed by atoms with van der Waals surface area (Å²) in [6.07, 6.45) is 1.76. The summed E-state index contributed by atoms with van der Waals surface area (Å²) >= 11 is 0. The van der Waals surface area contributed by atoms with Crippen LogP contribution >= 0.6 is 0 Å². The van der Waals surface area contributed by atoms with E-state index in [4.69, 9.17) is 4.74 Å². The van der Waals surface area contributed by atoms with Crippen LogP contribution in [0.2, 0.25) is 0 Å². The van der Waals surface area contributed by atoms with Gasteiger partial charge in [0.2, 0.25) is 0 Å². The molecule has 0 saturated carbocycles. The molecular formula is C12H26N2O4S. The van der Waals surface area contributed by atoms with Gasteiger partial charge in [0.15, 0.2) is 0 Å². The highest BCUT2D eigenvalue weighted by atomic mass is 32.2. The molecule has 1 N–H and O–H groups in total. The number of nitrogens with one attached hydrogen (secondary N) is 1. The number of sulfone groups is 1. The Bertz CT molecular complexity index is 397. The number of hydrogen-bond acceptors (Lipinski definition) is 6. The van der Waals surface area contributed by atoms with Crippen molar-refractivity contribution in [2.75, 3.05) is 39.8 Å². The molecule has 0 aliphatic heterocycles. The second kappa shape index (κ2) is 7.21. The number of hydrogen-bond donors (Lipinski definition) is 1. The lowest BCUT2D eigenvalue weighted by molar-refractivity contribution is -0.148. The number of carbonyl (C=O) groups excluding carboxylic acids is 1. The maximum absolute atomic E-state index is 11.7. The van der Waals surface area contributed by atoms with Crippen LogP contribution in [0.4, 0.5) is 0 Å². The van der Waals surface area contributed by atoms with Crippen LogP contribution in [0, 0.1) is 0 Å². The molecule has 2 atom stereocenters. The molecule has 7 heteroatoms. The zero-order valence-electron chi connectivity index (χ0n) is 12.7. The van der Waals surface area contributed by atoms with Crippen molar-refractivity contribution >= 4 is 15.8 Å². The zero-order valence-corrected chi connectivity index (χ0v) is 13.5. The summed E-state index contributed by atoms with van der Waals surface area (Å²) in [6, 6.07) is 0.0540. The third-order valence-corrected chi connectivity index (χ3v) is 4.38. The van der Waals surface area contributed by atoms with E-state index < -0.39 is 15.4 Å². The molecule has 0 bridgehead atoms. The normalized spacial score (nSPS) is 17.0. The van der Waals surface area contributed by atoms with Crippen molar-refractivity contribution < 1.29 is 17.9 Å². The Morgan fingerprint density at radius 1 is 1.47 bits per heavy atom. The minimum Gasteiger partial charge on any atom is -0.468 e. The van der Waals surface area contributed by atoms with Crippen molar-refractivity contribution in [2.45, 2.75) is 31.8 Å². The number of esters is 1. The molecule has 19 heavy (non-hydrogen) atoms. The van der Waals surface area contributed by atoms with E-state index in [-0.39, 0.29) is 17.8 Å². The fourth-order valence-electron chi connectivity index (χ4n) is 1.79. The summed E-state index contributed by atoms with van der Waals surface area (Å²) in [5.41, 5.74) is -0.770. The molecule has 0 heterocycles. The monoisotopic (exact) mass is 294 g/mol. The van der Waals surface area contributed by atoms with Gasteiger partial charge in [-0.1, -0.05) is 0 Å². The Balaban J connectivity index is 4.57. The number of carbonyl (C=O) groups is 1. The van der Waals surface area contributed by atoms with Gasteiger partial charge in [0.25, 0.3) is 0 Å². The first-order valence-electron chi connectivity index (χ1n) is 6.21. The van der Waals surface area contributed by atoms with Gasteiger partial charge in [-0.15, -0.1) is 0 Å². The SMILES string of the molecule is CNC(C)(CC(C)N(C)CCS(C)(=O)=O)C(=O)OC. The van der Waals surface area contributed by atoms with E-state index in [0.29, 0.717) is 13.0 Å². The summed E-state index contributed by atoms with van der Waals surface area (Å²) in [7, 11) is 1.94. The molecule has 0 aromatic rings. The van der Waals surface area contributed by atoms with Gasteiger partial charge in [-0.2, -0.15) is 0 Å². The van der Waals surface area contributed by atoms with Crippen molar-refractivity contribution in [1.82, 2.24) is 10.2 Å². The molecule has 0 aromatic heterocycles. The van der Waals surface area contributed by atoms with E-state index in [0.717, 1.165) is 0 Å². The quantitative estimate of drug-likeness (QED) is 0.630. The second-order valence-corrected chi connectivity index (χ2v) is 7.50. The van der Waals surface area contributed by atoms with Crippen LogP contribution in [0.15, 0.2) is 0 Å². The predicted molar refractivity (Wildman–Crippen MR) is 75.9 cm³/mol. The summed E-state index contributed by atoms with van der Waals surface area (Å²) in [6.45, 7) is 4.18. The molecule has 0 rings (SSSR count). The Morgan fingerprint density at radius 2 is 2.00 bits per heavy atom.